The van der Waals surface area contributed by atoms with Gasteiger partial charge in [0.25, 0.3) is 0 Å². The molecule has 0 radical (unpaired) electrons. The van der Waals surface area contributed by atoms with Gasteiger partial charge in [0.1, 0.15) is 19.3 Å². The average molecular weight is 1380 g/mol. The molecule has 0 spiro atoms. The Morgan fingerprint density at radius 2 is 0.543 bits per heavy atom. The smallest absolute Gasteiger partial charge is 0.462 e. The Kier molecular flexibility index (Phi) is 65.5. The second kappa shape index (κ2) is 66.9. The second-order valence-corrected chi connectivity index (χ2v) is 30.7. The highest BCUT2D eigenvalue weighted by atomic mass is 31.2. The zero-order valence-corrected chi connectivity index (χ0v) is 63.1. The number of phosphoric acid groups is 2. The Labute approximate surface area is 575 Å². The third-order valence-corrected chi connectivity index (χ3v) is 19.7. The summed E-state index contributed by atoms with van der Waals surface area (Å²) in [5, 5.41) is 10.6. The number of phosphoric ester groups is 2. The average Bonchev–Trinajstić information content (AvgIpc) is 1.61. The zero-order chi connectivity index (χ0) is 69.3. The maximum Gasteiger partial charge on any atom is 0.472 e. The largest absolute Gasteiger partial charge is 0.472 e. The Morgan fingerprint density at radius 1 is 0.309 bits per heavy atom. The lowest BCUT2D eigenvalue weighted by molar-refractivity contribution is -0.161. The fourth-order valence-electron chi connectivity index (χ4n) is 11.4. The van der Waals surface area contributed by atoms with Gasteiger partial charge in [-0.1, -0.05) is 337 Å². The lowest BCUT2D eigenvalue weighted by Gasteiger charge is -2.21. The van der Waals surface area contributed by atoms with E-state index in [-0.39, 0.29) is 25.7 Å². The Morgan fingerprint density at radius 3 is 0.809 bits per heavy atom. The molecular weight excluding hydrogens is 1230 g/mol. The van der Waals surface area contributed by atoms with Crippen LogP contribution in [0.3, 0.4) is 0 Å². The first-order valence-corrected chi connectivity index (χ1v) is 42.0. The fourth-order valence-corrected chi connectivity index (χ4v) is 13.0. The van der Waals surface area contributed by atoms with Crippen LogP contribution in [0.5, 0.6) is 0 Å². The fraction of sp³-hybridized carbons (Fsp3) is 0.947. The van der Waals surface area contributed by atoms with E-state index in [1.807, 2.05) is 0 Å². The van der Waals surface area contributed by atoms with E-state index in [0.717, 1.165) is 102 Å². The lowest BCUT2D eigenvalue weighted by Crippen LogP contribution is -2.30. The highest BCUT2D eigenvalue weighted by molar-refractivity contribution is 7.47. The molecule has 17 nitrogen and oxygen atoms in total. The summed E-state index contributed by atoms with van der Waals surface area (Å²) in [7, 11) is -9.91. The van der Waals surface area contributed by atoms with E-state index in [9.17, 15) is 43.2 Å². The third kappa shape index (κ3) is 67.3. The molecule has 0 heterocycles. The molecule has 6 atom stereocenters. The topological polar surface area (TPSA) is 237 Å². The summed E-state index contributed by atoms with van der Waals surface area (Å²) in [6, 6.07) is 0. The summed E-state index contributed by atoms with van der Waals surface area (Å²) in [5.74, 6) is -0.628. The van der Waals surface area contributed by atoms with Crippen LogP contribution < -0.4 is 0 Å². The molecule has 0 rings (SSSR count). The summed E-state index contributed by atoms with van der Waals surface area (Å²) < 4.78 is 68.5. The van der Waals surface area contributed by atoms with Gasteiger partial charge in [-0.3, -0.25) is 37.3 Å². The van der Waals surface area contributed by atoms with Crippen molar-refractivity contribution < 1.29 is 80.2 Å². The highest BCUT2D eigenvalue weighted by Crippen LogP contribution is 2.45. The molecule has 558 valence electrons. The van der Waals surface area contributed by atoms with Crippen LogP contribution >= 0.6 is 15.6 Å². The number of esters is 4. The number of hydrogen-bond acceptors (Lipinski definition) is 15. The molecule has 94 heavy (non-hydrogen) atoms. The van der Waals surface area contributed by atoms with Crippen LogP contribution in [-0.2, 0) is 65.4 Å². The van der Waals surface area contributed by atoms with Gasteiger partial charge in [-0.05, 0) is 37.5 Å². The number of carbonyl (C=O) groups excluding carboxylic acids is 4. The minimum absolute atomic E-state index is 0.107. The molecule has 0 aromatic heterocycles. The molecule has 0 saturated heterocycles. The molecule has 0 fully saturated rings. The molecule has 3 N–H and O–H groups in total. The normalized spacial score (nSPS) is 14.3. The van der Waals surface area contributed by atoms with Crippen molar-refractivity contribution in [3.05, 3.63) is 0 Å². The summed E-state index contributed by atoms with van der Waals surface area (Å²) >= 11 is 0. The van der Waals surface area contributed by atoms with Gasteiger partial charge in [-0.2, -0.15) is 0 Å². The van der Waals surface area contributed by atoms with Crippen LogP contribution in [0.15, 0.2) is 0 Å². The molecule has 0 bridgehead atoms. The number of rotatable bonds is 74. The van der Waals surface area contributed by atoms with Gasteiger partial charge in [-0.15, -0.1) is 0 Å². The van der Waals surface area contributed by atoms with Gasteiger partial charge < -0.3 is 33.8 Å². The van der Waals surface area contributed by atoms with Crippen molar-refractivity contribution in [3.8, 4) is 0 Å². The molecule has 3 unspecified atom stereocenters. The lowest BCUT2D eigenvalue weighted by atomic mass is 9.99. The van der Waals surface area contributed by atoms with E-state index in [1.54, 1.807) is 0 Å². The van der Waals surface area contributed by atoms with Gasteiger partial charge in [0.15, 0.2) is 12.2 Å². The Bertz CT molecular complexity index is 1820. The molecule has 0 aromatic carbocycles. The Balaban J connectivity index is 5.23. The van der Waals surface area contributed by atoms with E-state index >= 15 is 0 Å². The highest BCUT2D eigenvalue weighted by Gasteiger charge is 2.30. The number of aliphatic hydroxyl groups excluding tert-OH is 1. The van der Waals surface area contributed by atoms with Crippen LogP contribution in [0.4, 0.5) is 0 Å². The van der Waals surface area contributed by atoms with Gasteiger partial charge in [-0.25, -0.2) is 9.13 Å². The van der Waals surface area contributed by atoms with E-state index in [2.05, 4.69) is 41.5 Å². The van der Waals surface area contributed by atoms with Crippen molar-refractivity contribution in [1.29, 1.82) is 0 Å². The standard InChI is InChI=1S/C75H146O17P2/c1-7-10-12-14-16-18-20-22-23-24-25-26-28-30-36-40-48-54-60-74(79)91-70(63-85-72(77)57-51-45-38-34-32-31-33-37-44-50-56-68(6)9-3)65-89-93(81,82)87-61-69(76)62-88-94(83,84)90-66-71(64-86-73(78)58-52-46-42-41-43-49-55-67(4)5)92-75(80)59-53-47-39-35-29-27-21-19-17-15-13-11-8-2/h67-71,76H,7-66H2,1-6H3,(H,81,82)(H,83,84)/t68?,69-,70-,71-/m1/s1. The van der Waals surface area contributed by atoms with Crippen molar-refractivity contribution in [2.24, 2.45) is 11.8 Å². The minimum Gasteiger partial charge on any atom is -0.462 e. The first-order chi connectivity index (χ1) is 45.4. The van der Waals surface area contributed by atoms with E-state index in [0.29, 0.717) is 31.6 Å². The molecular formula is C75H146O17P2. The van der Waals surface area contributed by atoms with E-state index < -0.39 is 97.5 Å². The Hall–Kier alpha value is -1.94. The van der Waals surface area contributed by atoms with Crippen molar-refractivity contribution >= 4 is 39.5 Å². The summed E-state index contributed by atoms with van der Waals surface area (Å²) in [6.45, 7) is 9.54. The number of aliphatic hydroxyl groups is 1. The summed E-state index contributed by atoms with van der Waals surface area (Å²) in [6.07, 6.45) is 54.1. The molecule has 0 aliphatic rings. The zero-order valence-electron chi connectivity index (χ0n) is 61.3. The van der Waals surface area contributed by atoms with Gasteiger partial charge in [0, 0.05) is 25.7 Å². The minimum atomic E-state index is -4.96. The molecule has 0 saturated carbocycles. The SMILES string of the molecule is CCCCCCCCCCCCCCCCCCCCC(=O)O[C@H](COC(=O)CCCCCCCCCCCCC(C)CC)COP(=O)(O)OC[C@@H](O)COP(=O)(O)OC[C@@H](COC(=O)CCCCCCCCC(C)C)OC(=O)CCCCCCCCCCCCCCC. The molecule has 0 aliphatic heterocycles. The number of hydrogen-bond donors (Lipinski definition) is 3. The first-order valence-electron chi connectivity index (χ1n) is 39.0. The maximum atomic E-state index is 13.1. The van der Waals surface area contributed by atoms with Crippen LogP contribution in [0, 0.1) is 11.8 Å². The van der Waals surface area contributed by atoms with E-state index in [1.165, 1.54) is 199 Å². The second-order valence-electron chi connectivity index (χ2n) is 27.8. The van der Waals surface area contributed by atoms with Crippen molar-refractivity contribution in [1.82, 2.24) is 0 Å². The maximum absolute atomic E-state index is 13.1. The third-order valence-electron chi connectivity index (χ3n) is 17.8. The van der Waals surface area contributed by atoms with Crippen molar-refractivity contribution in [3.63, 3.8) is 0 Å². The van der Waals surface area contributed by atoms with Crippen molar-refractivity contribution in [2.45, 2.75) is 407 Å². The molecule has 0 amide bonds. The summed E-state index contributed by atoms with van der Waals surface area (Å²) in [5.41, 5.74) is 0. The van der Waals surface area contributed by atoms with Crippen LogP contribution in [-0.4, -0.2) is 96.7 Å². The molecule has 19 heteroatoms. The van der Waals surface area contributed by atoms with Gasteiger partial charge in [0.05, 0.1) is 26.4 Å². The first kappa shape index (κ1) is 92.1. The molecule has 0 aliphatic carbocycles. The van der Waals surface area contributed by atoms with Crippen molar-refractivity contribution in [2.75, 3.05) is 39.6 Å². The monoisotopic (exact) mass is 1380 g/mol. The number of unbranched alkanes of at least 4 members (excludes halogenated alkanes) is 43. The predicted molar refractivity (Wildman–Crippen MR) is 381 cm³/mol. The number of ether oxygens (including phenoxy) is 4. The summed E-state index contributed by atoms with van der Waals surface area (Å²) in [4.78, 5) is 72.7. The number of carbonyl (C=O) groups is 4. The predicted octanol–water partition coefficient (Wildman–Crippen LogP) is 21.9. The quantitative estimate of drug-likeness (QED) is 0.0222. The van der Waals surface area contributed by atoms with E-state index in [4.69, 9.17) is 37.0 Å². The van der Waals surface area contributed by atoms with Crippen LogP contribution in [0.2, 0.25) is 0 Å². The van der Waals surface area contributed by atoms with Crippen LogP contribution in [0.25, 0.3) is 0 Å². The van der Waals surface area contributed by atoms with Gasteiger partial charge in [0.2, 0.25) is 0 Å². The van der Waals surface area contributed by atoms with Gasteiger partial charge >= 0.3 is 39.5 Å². The van der Waals surface area contributed by atoms with Crippen LogP contribution in [0.1, 0.15) is 388 Å². The molecule has 0 aromatic rings.